The average Bonchev–Trinajstić information content (AvgIpc) is 2.43. The first-order valence-corrected chi connectivity index (χ1v) is 6.90. The molecule has 0 fully saturated rings. The number of rotatable bonds is 3. The van der Waals surface area contributed by atoms with Crippen LogP contribution in [0.2, 0.25) is 0 Å². The number of carbonyl (C=O) groups excluding carboxylic acids is 2. The maximum Gasteiger partial charge on any atom is 0.246 e. The molecule has 0 aromatic heterocycles. The van der Waals surface area contributed by atoms with Gasteiger partial charge in [-0.2, -0.15) is 0 Å². The van der Waals surface area contributed by atoms with E-state index in [1.54, 1.807) is 4.90 Å². The molecule has 2 rings (SSSR count). The van der Waals surface area contributed by atoms with Crippen molar-refractivity contribution in [3.8, 4) is 0 Å². The van der Waals surface area contributed by atoms with Gasteiger partial charge in [0.15, 0.2) is 0 Å². The van der Waals surface area contributed by atoms with Gasteiger partial charge in [-0.15, -0.1) is 0 Å². The van der Waals surface area contributed by atoms with E-state index in [0.717, 1.165) is 24.1 Å². The van der Waals surface area contributed by atoms with Crippen molar-refractivity contribution in [3.05, 3.63) is 28.8 Å². The Morgan fingerprint density at radius 2 is 2.10 bits per heavy atom. The van der Waals surface area contributed by atoms with Crippen molar-refractivity contribution in [1.29, 1.82) is 0 Å². The molecule has 0 atom stereocenters. The molecule has 1 heterocycles. The smallest absolute Gasteiger partial charge is 0.246 e. The fourth-order valence-corrected chi connectivity index (χ4v) is 2.68. The number of hydrogen-bond donors (Lipinski definition) is 2. The highest BCUT2D eigenvalue weighted by molar-refractivity contribution is 5.98. The predicted molar refractivity (Wildman–Crippen MR) is 78.7 cm³/mol. The van der Waals surface area contributed by atoms with Gasteiger partial charge < -0.3 is 16.0 Å². The monoisotopic (exact) mass is 275 g/mol. The van der Waals surface area contributed by atoms with Crippen molar-refractivity contribution in [2.75, 3.05) is 24.5 Å². The van der Waals surface area contributed by atoms with Crippen LogP contribution in [0, 0.1) is 13.8 Å². The number of nitrogens with two attached hydrogens (primary N) is 1. The maximum absolute atomic E-state index is 12.3. The number of fused-ring (bicyclic) bond motifs is 1. The van der Waals surface area contributed by atoms with Crippen LogP contribution in [0.25, 0.3) is 0 Å². The Morgan fingerprint density at radius 1 is 1.35 bits per heavy atom. The van der Waals surface area contributed by atoms with E-state index in [1.165, 1.54) is 11.1 Å². The third kappa shape index (κ3) is 2.99. The lowest BCUT2D eigenvalue weighted by Gasteiger charge is -2.31. The van der Waals surface area contributed by atoms with E-state index in [9.17, 15) is 9.59 Å². The Labute approximate surface area is 119 Å². The average molecular weight is 275 g/mol. The third-order valence-corrected chi connectivity index (χ3v) is 3.62. The number of carbonyl (C=O) groups is 2. The van der Waals surface area contributed by atoms with E-state index in [2.05, 4.69) is 18.3 Å². The van der Waals surface area contributed by atoms with Gasteiger partial charge in [0.25, 0.3) is 0 Å². The van der Waals surface area contributed by atoms with Gasteiger partial charge in [0.05, 0.1) is 13.1 Å². The van der Waals surface area contributed by atoms with Crippen LogP contribution in [0.4, 0.5) is 5.69 Å². The Balaban J connectivity index is 2.19. The molecule has 108 valence electrons. The zero-order chi connectivity index (χ0) is 14.7. The molecule has 0 unspecified atom stereocenters. The lowest BCUT2D eigenvalue weighted by atomic mass is 9.95. The van der Waals surface area contributed by atoms with E-state index in [-0.39, 0.29) is 24.9 Å². The number of hydrogen-bond acceptors (Lipinski definition) is 3. The van der Waals surface area contributed by atoms with Crippen LogP contribution in [0.15, 0.2) is 12.1 Å². The molecule has 0 spiro atoms. The summed E-state index contributed by atoms with van der Waals surface area (Å²) in [5.74, 6) is -0.395. The molecule has 0 aliphatic carbocycles. The molecule has 5 heteroatoms. The molecule has 0 bridgehead atoms. The van der Waals surface area contributed by atoms with Crippen molar-refractivity contribution in [3.63, 3.8) is 0 Å². The van der Waals surface area contributed by atoms with Crippen LogP contribution < -0.4 is 16.0 Å². The van der Waals surface area contributed by atoms with Gasteiger partial charge in [0, 0.05) is 12.2 Å². The highest BCUT2D eigenvalue weighted by Gasteiger charge is 2.23. The number of benzene rings is 1. The molecular weight excluding hydrogens is 254 g/mol. The number of nitrogens with one attached hydrogen (secondary N) is 1. The molecule has 5 nitrogen and oxygen atoms in total. The maximum atomic E-state index is 12.3. The van der Waals surface area contributed by atoms with Gasteiger partial charge >= 0.3 is 0 Å². The molecule has 3 N–H and O–H groups in total. The van der Waals surface area contributed by atoms with Crippen molar-refractivity contribution in [2.24, 2.45) is 5.73 Å². The molecular formula is C15H21N3O2. The van der Waals surface area contributed by atoms with Gasteiger partial charge in [-0.05, 0) is 49.4 Å². The van der Waals surface area contributed by atoms with Gasteiger partial charge in [-0.25, -0.2) is 0 Å². The second-order valence-electron chi connectivity index (χ2n) is 5.21. The summed E-state index contributed by atoms with van der Waals surface area (Å²) in [7, 11) is 0. The minimum Gasteiger partial charge on any atom is -0.346 e. The fraction of sp³-hybridized carbons (Fsp3) is 0.467. The van der Waals surface area contributed by atoms with Gasteiger partial charge in [0.2, 0.25) is 11.8 Å². The molecule has 1 aromatic rings. The lowest BCUT2D eigenvalue weighted by molar-refractivity contribution is -0.124. The summed E-state index contributed by atoms with van der Waals surface area (Å²) in [4.78, 5) is 25.2. The number of amides is 2. The van der Waals surface area contributed by atoms with E-state index in [0.29, 0.717) is 6.54 Å². The Bertz CT molecular complexity index is 540. The summed E-state index contributed by atoms with van der Waals surface area (Å²) < 4.78 is 0. The highest BCUT2D eigenvalue weighted by Crippen LogP contribution is 2.30. The van der Waals surface area contributed by atoms with Gasteiger partial charge in [-0.3, -0.25) is 9.59 Å². The van der Waals surface area contributed by atoms with E-state index >= 15 is 0 Å². The summed E-state index contributed by atoms with van der Waals surface area (Å²) >= 11 is 0. The number of anilines is 1. The first-order valence-electron chi connectivity index (χ1n) is 6.90. The first kappa shape index (κ1) is 14.5. The van der Waals surface area contributed by atoms with Crippen molar-refractivity contribution >= 4 is 17.5 Å². The van der Waals surface area contributed by atoms with Crippen molar-refractivity contribution in [2.45, 2.75) is 26.7 Å². The minimum absolute atomic E-state index is 0.00244. The SMILES string of the molecule is Cc1cc(C)c2c(c1)N(C(=O)CNC(=O)CN)CCC2. The second kappa shape index (κ2) is 6.05. The molecule has 0 radical (unpaired) electrons. The van der Waals surface area contributed by atoms with E-state index in [1.807, 2.05) is 13.0 Å². The van der Waals surface area contributed by atoms with Crippen LogP contribution in [0.3, 0.4) is 0 Å². The van der Waals surface area contributed by atoms with E-state index < -0.39 is 0 Å². The molecule has 20 heavy (non-hydrogen) atoms. The van der Waals surface area contributed by atoms with Crippen LogP contribution in [-0.2, 0) is 16.0 Å². The van der Waals surface area contributed by atoms with Crippen LogP contribution >= 0.6 is 0 Å². The summed E-state index contributed by atoms with van der Waals surface area (Å²) in [5, 5.41) is 2.53. The summed E-state index contributed by atoms with van der Waals surface area (Å²) in [6, 6.07) is 4.19. The predicted octanol–water partition coefficient (Wildman–Crippen LogP) is 0.658. The molecule has 0 saturated carbocycles. The van der Waals surface area contributed by atoms with Crippen molar-refractivity contribution < 1.29 is 9.59 Å². The normalized spacial score (nSPS) is 13.8. The quantitative estimate of drug-likeness (QED) is 0.851. The van der Waals surface area contributed by atoms with Gasteiger partial charge in [-0.1, -0.05) is 6.07 Å². The molecule has 1 aliphatic heterocycles. The topological polar surface area (TPSA) is 75.4 Å². The fourth-order valence-electron chi connectivity index (χ4n) is 2.68. The molecule has 0 saturated heterocycles. The van der Waals surface area contributed by atoms with Gasteiger partial charge in [0.1, 0.15) is 0 Å². The Kier molecular flexibility index (Phi) is 4.39. The summed E-state index contributed by atoms with van der Waals surface area (Å²) in [6.45, 7) is 4.72. The largest absolute Gasteiger partial charge is 0.346 e. The summed E-state index contributed by atoms with van der Waals surface area (Å²) in [5.41, 5.74) is 9.81. The lowest BCUT2D eigenvalue weighted by Crippen LogP contribution is -2.44. The third-order valence-electron chi connectivity index (χ3n) is 3.62. The Morgan fingerprint density at radius 3 is 2.80 bits per heavy atom. The Hall–Kier alpha value is -1.88. The zero-order valence-electron chi connectivity index (χ0n) is 12.0. The molecule has 2 amide bonds. The molecule has 1 aromatic carbocycles. The van der Waals surface area contributed by atoms with Crippen LogP contribution in [0.1, 0.15) is 23.1 Å². The molecule has 1 aliphatic rings. The number of nitrogens with zero attached hydrogens (tertiary/aromatic N) is 1. The van der Waals surface area contributed by atoms with Crippen molar-refractivity contribution in [1.82, 2.24) is 5.32 Å². The second-order valence-corrected chi connectivity index (χ2v) is 5.21. The number of aryl methyl sites for hydroxylation is 2. The standard InChI is InChI=1S/C15H21N3O2/c1-10-6-11(2)12-4-3-5-18(13(12)7-10)15(20)9-17-14(19)8-16/h6-7H,3-5,8-9,16H2,1-2H3,(H,17,19). The van der Waals surface area contributed by atoms with E-state index in [4.69, 9.17) is 5.73 Å². The summed E-state index contributed by atoms with van der Waals surface area (Å²) in [6.07, 6.45) is 1.95. The van der Waals surface area contributed by atoms with Crippen LogP contribution in [-0.4, -0.2) is 31.4 Å². The zero-order valence-corrected chi connectivity index (χ0v) is 12.0. The van der Waals surface area contributed by atoms with Crippen LogP contribution in [0.5, 0.6) is 0 Å². The first-order chi connectivity index (χ1) is 9.52. The highest BCUT2D eigenvalue weighted by atomic mass is 16.2. The minimum atomic E-state index is -0.309.